The lowest BCUT2D eigenvalue weighted by Gasteiger charge is -2.06. The Morgan fingerprint density at radius 3 is 2.71 bits per heavy atom. The van der Waals surface area contributed by atoms with Crippen LogP contribution in [0.2, 0.25) is 0 Å². The predicted octanol–water partition coefficient (Wildman–Crippen LogP) is 0.931. The Labute approximate surface area is 85.1 Å². The van der Waals surface area contributed by atoms with Crippen LogP contribution in [0.4, 0.5) is 10.1 Å². The first-order valence-corrected chi connectivity index (χ1v) is 3.29. The Morgan fingerprint density at radius 2 is 2.29 bits per heavy atom. The van der Waals surface area contributed by atoms with Gasteiger partial charge in [0.1, 0.15) is 5.69 Å². The molecule has 3 N–H and O–H groups in total. The second-order valence-corrected chi connectivity index (χ2v) is 2.21. The number of nitrogens with zero attached hydrogens (tertiary/aromatic N) is 1. The van der Waals surface area contributed by atoms with Crippen LogP contribution in [0.15, 0.2) is 6.20 Å². The Morgan fingerprint density at radius 1 is 1.71 bits per heavy atom. The van der Waals surface area contributed by atoms with Crippen molar-refractivity contribution < 1.29 is 19.0 Å². The van der Waals surface area contributed by atoms with E-state index in [-0.39, 0.29) is 23.8 Å². The van der Waals surface area contributed by atoms with Crippen LogP contribution < -0.4 is 10.5 Å². The minimum absolute atomic E-state index is 0. The SMILES string of the molecule is COc1c(C(=O)O)ncc(F)c1N.Cl. The summed E-state index contributed by atoms with van der Waals surface area (Å²) in [5.41, 5.74) is 4.47. The zero-order valence-electron chi connectivity index (χ0n) is 7.15. The predicted molar refractivity (Wildman–Crippen MR) is 49.4 cm³/mol. The molecular weight excluding hydrogens is 215 g/mol. The summed E-state index contributed by atoms with van der Waals surface area (Å²) in [4.78, 5) is 13.9. The fraction of sp³-hybridized carbons (Fsp3) is 0.143. The lowest BCUT2D eigenvalue weighted by molar-refractivity contribution is 0.0686. The molecule has 0 aliphatic rings. The van der Waals surface area contributed by atoms with E-state index in [1.165, 1.54) is 7.11 Å². The lowest BCUT2D eigenvalue weighted by atomic mass is 10.3. The number of hydrogen-bond donors (Lipinski definition) is 2. The molecule has 0 saturated heterocycles. The van der Waals surface area contributed by atoms with Gasteiger partial charge in [-0.25, -0.2) is 14.2 Å². The van der Waals surface area contributed by atoms with Gasteiger partial charge < -0.3 is 15.6 Å². The molecule has 0 unspecified atom stereocenters. The topological polar surface area (TPSA) is 85.4 Å². The molecule has 0 aromatic carbocycles. The monoisotopic (exact) mass is 222 g/mol. The third kappa shape index (κ3) is 2.02. The van der Waals surface area contributed by atoms with Gasteiger partial charge in [0, 0.05) is 0 Å². The molecule has 7 heteroatoms. The van der Waals surface area contributed by atoms with Crippen molar-refractivity contribution in [1.29, 1.82) is 0 Å². The van der Waals surface area contributed by atoms with Crippen LogP contribution in [-0.4, -0.2) is 23.2 Å². The highest BCUT2D eigenvalue weighted by Gasteiger charge is 2.18. The quantitative estimate of drug-likeness (QED) is 0.778. The van der Waals surface area contributed by atoms with Gasteiger partial charge in [-0.1, -0.05) is 0 Å². The van der Waals surface area contributed by atoms with Gasteiger partial charge in [-0.2, -0.15) is 0 Å². The highest BCUT2D eigenvalue weighted by molar-refractivity contribution is 5.90. The molecule has 0 amide bonds. The summed E-state index contributed by atoms with van der Waals surface area (Å²) in [6, 6.07) is 0. The van der Waals surface area contributed by atoms with Gasteiger partial charge in [0.05, 0.1) is 13.3 Å². The molecule has 0 radical (unpaired) electrons. The Bertz CT molecular complexity index is 359. The summed E-state index contributed by atoms with van der Waals surface area (Å²) in [7, 11) is 1.19. The summed E-state index contributed by atoms with van der Waals surface area (Å²) >= 11 is 0. The standard InChI is InChI=1S/C7H7FN2O3.ClH/c1-13-6-4(9)3(8)2-10-5(6)7(11)12;/h2H,1H3,(H2,9,10)(H,11,12);1H. The zero-order chi connectivity index (χ0) is 10.0. The molecule has 1 rings (SSSR count). The molecule has 14 heavy (non-hydrogen) atoms. The van der Waals surface area contributed by atoms with Crippen molar-refractivity contribution in [3.05, 3.63) is 17.7 Å². The van der Waals surface area contributed by atoms with E-state index in [0.29, 0.717) is 0 Å². The molecular formula is C7H8ClFN2O3. The summed E-state index contributed by atoms with van der Waals surface area (Å²) in [5, 5.41) is 8.59. The molecule has 78 valence electrons. The molecule has 1 aromatic rings. The molecule has 5 nitrogen and oxygen atoms in total. The lowest BCUT2D eigenvalue weighted by Crippen LogP contribution is -2.07. The van der Waals surface area contributed by atoms with Gasteiger partial charge >= 0.3 is 5.97 Å². The fourth-order valence-corrected chi connectivity index (χ4v) is 0.844. The first kappa shape index (κ1) is 12.4. The maximum absolute atomic E-state index is 12.7. The number of carbonyl (C=O) groups is 1. The first-order valence-electron chi connectivity index (χ1n) is 3.29. The van der Waals surface area contributed by atoms with Crippen molar-refractivity contribution in [2.75, 3.05) is 12.8 Å². The highest BCUT2D eigenvalue weighted by Crippen LogP contribution is 2.26. The number of rotatable bonds is 2. The third-order valence-electron chi connectivity index (χ3n) is 1.43. The minimum atomic E-state index is -1.32. The van der Waals surface area contributed by atoms with Crippen molar-refractivity contribution in [3.8, 4) is 5.75 Å². The number of anilines is 1. The summed E-state index contributed by atoms with van der Waals surface area (Å²) in [6.07, 6.45) is 0.737. The minimum Gasteiger partial charge on any atom is -0.492 e. The van der Waals surface area contributed by atoms with E-state index in [0.717, 1.165) is 6.20 Å². The molecule has 0 fully saturated rings. The van der Waals surface area contributed by atoms with E-state index >= 15 is 0 Å². The summed E-state index contributed by atoms with van der Waals surface area (Å²) < 4.78 is 17.4. The second-order valence-electron chi connectivity index (χ2n) is 2.21. The van der Waals surface area contributed by atoms with Gasteiger partial charge in [-0.15, -0.1) is 12.4 Å². The average molecular weight is 223 g/mol. The highest BCUT2D eigenvalue weighted by atomic mass is 35.5. The van der Waals surface area contributed by atoms with Gasteiger partial charge in [0.25, 0.3) is 0 Å². The molecule has 0 atom stereocenters. The second kappa shape index (κ2) is 4.61. The van der Waals surface area contributed by atoms with E-state index < -0.39 is 17.5 Å². The molecule has 0 aliphatic carbocycles. The Hall–Kier alpha value is -1.56. The van der Waals surface area contributed by atoms with Crippen LogP contribution in [0.5, 0.6) is 5.75 Å². The number of nitrogen functional groups attached to an aromatic ring is 1. The van der Waals surface area contributed by atoms with Crippen molar-refractivity contribution in [2.24, 2.45) is 0 Å². The first-order chi connectivity index (χ1) is 6.07. The molecule has 1 heterocycles. The number of ether oxygens (including phenoxy) is 1. The number of carboxylic acid groups (broad SMARTS) is 1. The van der Waals surface area contributed by atoms with Crippen LogP contribution in [0, 0.1) is 5.82 Å². The van der Waals surface area contributed by atoms with Crippen molar-refractivity contribution in [3.63, 3.8) is 0 Å². The zero-order valence-corrected chi connectivity index (χ0v) is 7.97. The fourth-order valence-electron chi connectivity index (χ4n) is 0.844. The Balaban J connectivity index is 0.00000169. The smallest absolute Gasteiger partial charge is 0.358 e. The number of halogens is 2. The van der Waals surface area contributed by atoms with Crippen molar-refractivity contribution in [2.45, 2.75) is 0 Å². The van der Waals surface area contributed by atoms with Crippen LogP contribution >= 0.6 is 12.4 Å². The average Bonchev–Trinajstić information content (AvgIpc) is 2.09. The molecule has 0 aliphatic heterocycles. The number of carboxylic acids is 1. The molecule has 1 aromatic heterocycles. The number of methoxy groups -OCH3 is 1. The van der Waals surface area contributed by atoms with E-state index in [1.54, 1.807) is 0 Å². The largest absolute Gasteiger partial charge is 0.492 e. The number of aromatic nitrogens is 1. The number of pyridine rings is 1. The number of nitrogens with two attached hydrogens (primary N) is 1. The van der Waals surface area contributed by atoms with Crippen molar-refractivity contribution >= 4 is 24.1 Å². The van der Waals surface area contributed by atoms with Gasteiger partial charge in [0.2, 0.25) is 0 Å². The maximum Gasteiger partial charge on any atom is 0.358 e. The van der Waals surface area contributed by atoms with Crippen molar-refractivity contribution in [1.82, 2.24) is 4.98 Å². The number of hydrogen-bond acceptors (Lipinski definition) is 4. The van der Waals surface area contributed by atoms with Crippen LogP contribution in [0.25, 0.3) is 0 Å². The van der Waals surface area contributed by atoms with E-state index in [9.17, 15) is 9.18 Å². The normalized spacial score (nSPS) is 9.00. The Kier molecular flexibility index (Phi) is 4.10. The summed E-state index contributed by atoms with van der Waals surface area (Å²) in [6.45, 7) is 0. The maximum atomic E-state index is 12.7. The summed E-state index contributed by atoms with van der Waals surface area (Å²) in [5.74, 6) is -2.38. The molecule has 0 bridgehead atoms. The van der Waals surface area contributed by atoms with Gasteiger partial charge in [-0.05, 0) is 0 Å². The van der Waals surface area contributed by atoms with Crippen LogP contribution in [0.3, 0.4) is 0 Å². The van der Waals surface area contributed by atoms with Crippen LogP contribution in [0.1, 0.15) is 10.5 Å². The van der Waals surface area contributed by atoms with E-state index in [1.807, 2.05) is 0 Å². The van der Waals surface area contributed by atoms with Gasteiger partial charge in [0.15, 0.2) is 17.3 Å². The molecule has 0 saturated carbocycles. The third-order valence-corrected chi connectivity index (χ3v) is 1.43. The number of aromatic carboxylic acids is 1. The van der Waals surface area contributed by atoms with E-state index in [4.69, 9.17) is 10.8 Å². The van der Waals surface area contributed by atoms with Gasteiger partial charge in [-0.3, -0.25) is 0 Å². The van der Waals surface area contributed by atoms with E-state index in [2.05, 4.69) is 9.72 Å². The van der Waals surface area contributed by atoms with Crippen LogP contribution in [-0.2, 0) is 0 Å². The molecule has 0 spiro atoms.